The summed E-state index contributed by atoms with van der Waals surface area (Å²) in [6, 6.07) is 5.19. The van der Waals surface area contributed by atoms with Crippen LogP contribution >= 0.6 is 0 Å². The molecule has 5 aromatic rings. The molecule has 6 rings (SSSR count). The van der Waals surface area contributed by atoms with Crippen LogP contribution in [0.15, 0.2) is 58.8 Å². The van der Waals surface area contributed by atoms with Crippen LogP contribution in [-0.4, -0.2) is 63.2 Å². The Hall–Kier alpha value is -4.74. The lowest BCUT2D eigenvalue weighted by Crippen LogP contribution is -2.41. The topological polar surface area (TPSA) is 145 Å². The van der Waals surface area contributed by atoms with E-state index in [1.807, 2.05) is 0 Å². The summed E-state index contributed by atoms with van der Waals surface area (Å²) < 4.78 is 3.16. The fraction of sp³-hybridized carbons (Fsp3) is 0.250. The number of piperidine rings is 1. The molecular weight excluding hydrogens is 462 g/mol. The van der Waals surface area contributed by atoms with E-state index in [4.69, 9.17) is 4.98 Å². The lowest BCUT2D eigenvalue weighted by Gasteiger charge is -2.32. The highest BCUT2D eigenvalue weighted by Gasteiger charge is 2.26. The highest BCUT2D eigenvalue weighted by Crippen LogP contribution is 2.28. The van der Waals surface area contributed by atoms with Gasteiger partial charge in [0.25, 0.3) is 5.56 Å². The zero-order valence-corrected chi connectivity index (χ0v) is 19.3. The molecule has 0 unspecified atom stereocenters. The number of fused-ring (bicyclic) bond motifs is 3. The van der Waals surface area contributed by atoms with Crippen LogP contribution in [0.5, 0.6) is 0 Å². The highest BCUT2D eigenvalue weighted by molar-refractivity contribution is 6.01. The third kappa shape index (κ3) is 3.63. The number of aromatic nitrogens is 8. The predicted octanol–water partition coefficient (Wildman–Crippen LogP) is 1.46. The first-order chi connectivity index (χ1) is 17.5. The maximum absolute atomic E-state index is 13.1. The molecule has 0 atom stereocenters. The van der Waals surface area contributed by atoms with Crippen molar-refractivity contribution in [3.05, 3.63) is 70.0 Å². The summed E-state index contributed by atoms with van der Waals surface area (Å²) in [5.74, 6) is 0.433. The van der Waals surface area contributed by atoms with Gasteiger partial charge in [-0.3, -0.25) is 24.1 Å². The molecule has 1 aliphatic heterocycles. The quantitative estimate of drug-likeness (QED) is 0.380. The second-order valence-electron chi connectivity index (χ2n) is 8.67. The van der Waals surface area contributed by atoms with Crippen molar-refractivity contribution in [2.75, 3.05) is 13.1 Å². The molecule has 12 heteroatoms. The Morgan fingerprint density at radius 1 is 1.06 bits per heavy atom. The van der Waals surface area contributed by atoms with Crippen LogP contribution in [0.25, 0.3) is 39.1 Å². The monoisotopic (exact) mass is 483 g/mol. The largest absolute Gasteiger partial charge is 0.343 e. The van der Waals surface area contributed by atoms with E-state index in [-0.39, 0.29) is 17.3 Å². The van der Waals surface area contributed by atoms with Gasteiger partial charge in [-0.15, -0.1) is 0 Å². The van der Waals surface area contributed by atoms with Gasteiger partial charge in [0.1, 0.15) is 5.52 Å². The smallest absolute Gasteiger partial charge is 0.329 e. The van der Waals surface area contributed by atoms with Gasteiger partial charge in [-0.1, -0.05) is 0 Å². The number of hydrogen-bond donors (Lipinski definition) is 1. The van der Waals surface area contributed by atoms with Gasteiger partial charge in [0.15, 0.2) is 0 Å². The first-order valence-corrected chi connectivity index (χ1v) is 11.5. The zero-order valence-electron chi connectivity index (χ0n) is 19.3. The van der Waals surface area contributed by atoms with Crippen molar-refractivity contribution >= 4 is 27.8 Å². The maximum Gasteiger partial charge on any atom is 0.329 e. The molecule has 180 valence electrons. The number of likely N-dealkylation sites (tertiary alicyclic amines) is 1. The normalized spacial score (nSPS) is 14.5. The Morgan fingerprint density at radius 2 is 1.83 bits per heavy atom. The minimum Gasteiger partial charge on any atom is -0.343 e. The molecule has 0 bridgehead atoms. The van der Waals surface area contributed by atoms with Crippen molar-refractivity contribution in [2.24, 2.45) is 0 Å². The third-order valence-electron chi connectivity index (χ3n) is 6.53. The molecule has 0 radical (unpaired) electrons. The SMILES string of the molecule is CC(=O)N1CCC(n2c(=O)[nH]c(=O)c3cnc4ccc(-c5cnc(-n6cccn6)nc5)nc4c32)CC1. The maximum atomic E-state index is 13.1. The Morgan fingerprint density at radius 3 is 2.53 bits per heavy atom. The van der Waals surface area contributed by atoms with Crippen molar-refractivity contribution in [3.8, 4) is 17.2 Å². The van der Waals surface area contributed by atoms with Gasteiger partial charge < -0.3 is 4.90 Å². The van der Waals surface area contributed by atoms with Gasteiger partial charge in [-0.05, 0) is 31.0 Å². The number of aromatic amines is 1. The molecule has 0 aliphatic carbocycles. The standard InChI is InChI=1S/C24H21N9O3/c1-14(34)31-9-5-16(6-10-31)33-21-17(22(35)30-24(33)36)13-25-19-4-3-18(29-20(19)21)15-11-26-23(27-12-15)32-8-2-7-28-32/h2-4,7-8,11-13,16H,5-6,9-10H2,1H3,(H,30,35,36). The molecule has 36 heavy (non-hydrogen) atoms. The first kappa shape index (κ1) is 21.8. The van der Waals surface area contributed by atoms with Gasteiger partial charge in [0.05, 0.1) is 22.1 Å². The number of carbonyl (C=O) groups is 1. The second-order valence-corrected chi connectivity index (χ2v) is 8.67. The Balaban J connectivity index is 1.50. The van der Waals surface area contributed by atoms with Crippen molar-refractivity contribution < 1.29 is 4.79 Å². The number of H-pyrrole nitrogens is 1. The summed E-state index contributed by atoms with van der Waals surface area (Å²) in [5, 5.41) is 4.41. The van der Waals surface area contributed by atoms with Crippen LogP contribution in [0.1, 0.15) is 25.8 Å². The first-order valence-electron chi connectivity index (χ1n) is 11.5. The molecule has 0 aromatic carbocycles. The summed E-state index contributed by atoms with van der Waals surface area (Å²) in [6.45, 7) is 2.61. The van der Waals surface area contributed by atoms with Crippen molar-refractivity contribution in [3.63, 3.8) is 0 Å². The molecule has 12 nitrogen and oxygen atoms in total. The van der Waals surface area contributed by atoms with Crippen LogP contribution in [0.3, 0.4) is 0 Å². The van der Waals surface area contributed by atoms with Crippen molar-refractivity contribution in [1.29, 1.82) is 0 Å². The van der Waals surface area contributed by atoms with E-state index in [9.17, 15) is 14.4 Å². The number of nitrogens with one attached hydrogen (secondary N) is 1. The third-order valence-corrected chi connectivity index (χ3v) is 6.53. The average molecular weight is 483 g/mol. The van der Waals surface area contributed by atoms with Crippen molar-refractivity contribution in [2.45, 2.75) is 25.8 Å². The van der Waals surface area contributed by atoms with Crippen molar-refractivity contribution in [1.82, 2.24) is 44.2 Å². The number of nitrogens with zero attached hydrogens (tertiary/aromatic N) is 8. The molecule has 1 amide bonds. The van der Waals surface area contributed by atoms with E-state index >= 15 is 0 Å². The molecular formula is C24H21N9O3. The fourth-order valence-electron chi connectivity index (χ4n) is 4.70. The molecule has 1 saturated heterocycles. The summed E-state index contributed by atoms with van der Waals surface area (Å²) in [7, 11) is 0. The second kappa shape index (κ2) is 8.48. The van der Waals surface area contributed by atoms with E-state index in [1.54, 1.807) is 57.1 Å². The van der Waals surface area contributed by atoms with Crippen LogP contribution in [-0.2, 0) is 4.79 Å². The number of carbonyl (C=O) groups excluding carboxylic acids is 1. The Kier molecular flexibility index (Phi) is 5.13. The molecule has 5 aromatic heterocycles. The average Bonchev–Trinajstić information content (AvgIpc) is 3.44. The number of amides is 1. The summed E-state index contributed by atoms with van der Waals surface area (Å²) >= 11 is 0. The number of hydrogen-bond acceptors (Lipinski definition) is 8. The summed E-state index contributed by atoms with van der Waals surface area (Å²) in [6.07, 6.45) is 9.34. The lowest BCUT2D eigenvalue weighted by molar-refractivity contribution is -0.130. The fourth-order valence-corrected chi connectivity index (χ4v) is 4.70. The van der Waals surface area contributed by atoms with Gasteiger partial charge in [-0.25, -0.2) is 24.4 Å². The molecule has 0 saturated carbocycles. The molecule has 1 aliphatic rings. The van der Waals surface area contributed by atoms with Gasteiger partial charge in [0, 0.05) is 62.6 Å². The predicted molar refractivity (Wildman–Crippen MR) is 131 cm³/mol. The Labute approximate surface area is 203 Å². The summed E-state index contributed by atoms with van der Waals surface area (Å²) in [5.41, 5.74) is 1.67. The Bertz CT molecular complexity index is 1710. The van der Waals surface area contributed by atoms with E-state index in [0.29, 0.717) is 59.7 Å². The highest BCUT2D eigenvalue weighted by atomic mass is 16.2. The molecule has 1 fully saturated rings. The van der Waals surface area contributed by atoms with Crippen LogP contribution in [0.4, 0.5) is 0 Å². The summed E-state index contributed by atoms with van der Waals surface area (Å²) in [4.78, 5) is 59.7. The van der Waals surface area contributed by atoms with Crippen LogP contribution in [0.2, 0.25) is 0 Å². The van der Waals surface area contributed by atoms with E-state index < -0.39 is 11.2 Å². The van der Waals surface area contributed by atoms with Gasteiger partial charge in [0.2, 0.25) is 11.9 Å². The number of rotatable bonds is 3. The minimum atomic E-state index is -0.513. The molecule has 6 heterocycles. The molecule has 1 N–H and O–H groups in total. The number of pyridine rings is 2. The zero-order chi connectivity index (χ0) is 24.8. The van der Waals surface area contributed by atoms with Gasteiger partial charge in [-0.2, -0.15) is 5.10 Å². The van der Waals surface area contributed by atoms with Crippen LogP contribution in [0, 0.1) is 0 Å². The van der Waals surface area contributed by atoms with E-state index in [1.165, 1.54) is 13.1 Å². The van der Waals surface area contributed by atoms with Gasteiger partial charge >= 0.3 is 5.69 Å². The lowest BCUT2D eigenvalue weighted by atomic mass is 10.0. The van der Waals surface area contributed by atoms with Crippen LogP contribution < -0.4 is 11.2 Å². The van der Waals surface area contributed by atoms with E-state index in [2.05, 4.69) is 25.0 Å². The molecule has 0 spiro atoms. The minimum absolute atomic E-state index is 0.00822. The van der Waals surface area contributed by atoms with E-state index in [0.717, 1.165) is 0 Å².